The third-order valence-corrected chi connectivity index (χ3v) is 2.40. The van der Waals surface area contributed by atoms with Gasteiger partial charge >= 0.3 is 0 Å². The molecule has 2 aromatic rings. The van der Waals surface area contributed by atoms with E-state index < -0.39 is 0 Å². The maximum atomic E-state index is 5.97. The molecular formula is C10H8Cl2N4. The highest BCUT2D eigenvalue weighted by Gasteiger charge is 2.09. The standard InChI is InChI=1S/C10H8Cl2N4/c11-8-7-6(3-1-2-4-13)5-14-9(7)16-10(12)15-8/h5H,2,4,13H2,(H,14,15,16). The molecule has 2 aromatic heterocycles. The van der Waals surface area contributed by atoms with Crippen molar-refractivity contribution in [2.75, 3.05) is 6.54 Å². The second-order valence-electron chi connectivity index (χ2n) is 3.05. The summed E-state index contributed by atoms with van der Waals surface area (Å²) in [4.78, 5) is 10.8. The number of aromatic nitrogens is 3. The van der Waals surface area contributed by atoms with Crippen molar-refractivity contribution in [1.82, 2.24) is 15.0 Å². The fraction of sp³-hybridized carbons (Fsp3) is 0.200. The van der Waals surface area contributed by atoms with Gasteiger partial charge in [-0.05, 0) is 11.6 Å². The summed E-state index contributed by atoms with van der Waals surface area (Å²) in [5.74, 6) is 5.89. The Morgan fingerprint density at radius 1 is 1.38 bits per heavy atom. The SMILES string of the molecule is NCCC#Cc1c[nH]c2nc(Cl)nc(Cl)c12. The van der Waals surface area contributed by atoms with Crippen LogP contribution in [0.2, 0.25) is 10.4 Å². The number of halogens is 2. The Morgan fingerprint density at radius 3 is 2.94 bits per heavy atom. The van der Waals surface area contributed by atoms with Gasteiger partial charge in [-0.2, -0.15) is 4.98 Å². The van der Waals surface area contributed by atoms with Gasteiger partial charge in [0.25, 0.3) is 0 Å². The van der Waals surface area contributed by atoms with Crippen LogP contribution in [0.4, 0.5) is 0 Å². The predicted molar refractivity (Wildman–Crippen MR) is 64.5 cm³/mol. The maximum absolute atomic E-state index is 5.97. The molecule has 0 aliphatic carbocycles. The van der Waals surface area contributed by atoms with Crippen LogP contribution in [0, 0.1) is 11.8 Å². The van der Waals surface area contributed by atoms with Crippen molar-refractivity contribution in [3.63, 3.8) is 0 Å². The van der Waals surface area contributed by atoms with Crippen molar-refractivity contribution in [3.05, 3.63) is 22.2 Å². The van der Waals surface area contributed by atoms with Gasteiger partial charge in [0.05, 0.1) is 10.9 Å². The average molecular weight is 255 g/mol. The van der Waals surface area contributed by atoms with Crippen LogP contribution in [0.3, 0.4) is 0 Å². The topological polar surface area (TPSA) is 67.6 Å². The average Bonchev–Trinajstić information content (AvgIpc) is 2.62. The minimum Gasteiger partial charge on any atom is -0.345 e. The first-order valence-electron chi connectivity index (χ1n) is 4.61. The summed E-state index contributed by atoms with van der Waals surface area (Å²) in [6.07, 6.45) is 2.36. The van der Waals surface area contributed by atoms with Crippen LogP contribution >= 0.6 is 23.2 Å². The van der Waals surface area contributed by atoms with E-state index in [1.165, 1.54) is 0 Å². The number of hydrogen-bond acceptors (Lipinski definition) is 3. The Morgan fingerprint density at radius 2 is 2.19 bits per heavy atom. The lowest BCUT2D eigenvalue weighted by molar-refractivity contribution is 1.03. The second kappa shape index (κ2) is 4.71. The van der Waals surface area contributed by atoms with Gasteiger partial charge < -0.3 is 10.7 Å². The third-order valence-electron chi connectivity index (χ3n) is 1.95. The van der Waals surface area contributed by atoms with E-state index in [4.69, 9.17) is 28.9 Å². The fourth-order valence-electron chi connectivity index (χ4n) is 1.29. The van der Waals surface area contributed by atoms with Gasteiger partial charge in [0.1, 0.15) is 10.8 Å². The van der Waals surface area contributed by atoms with E-state index >= 15 is 0 Å². The number of H-pyrrole nitrogens is 1. The van der Waals surface area contributed by atoms with E-state index in [2.05, 4.69) is 26.8 Å². The first-order chi connectivity index (χ1) is 7.72. The molecule has 0 amide bonds. The first kappa shape index (κ1) is 11.2. The van der Waals surface area contributed by atoms with E-state index in [1.807, 2.05) is 0 Å². The molecule has 0 aromatic carbocycles. The normalized spacial score (nSPS) is 10.2. The molecule has 82 valence electrons. The van der Waals surface area contributed by atoms with E-state index in [0.717, 1.165) is 5.56 Å². The summed E-state index contributed by atoms with van der Waals surface area (Å²) in [5, 5.41) is 1.10. The summed E-state index contributed by atoms with van der Waals surface area (Å²) in [6.45, 7) is 0.533. The number of fused-ring (bicyclic) bond motifs is 1. The molecule has 3 N–H and O–H groups in total. The molecular weight excluding hydrogens is 247 g/mol. The van der Waals surface area contributed by atoms with Gasteiger partial charge in [0.2, 0.25) is 5.28 Å². The van der Waals surface area contributed by atoms with Crippen LogP contribution in [-0.4, -0.2) is 21.5 Å². The highest BCUT2D eigenvalue weighted by Crippen LogP contribution is 2.24. The van der Waals surface area contributed by atoms with Crippen LogP contribution < -0.4 is 5.73 Å². The number of rotatable bonds is 1. The fourth-order valence-corrected chi connectivity index (χ4v) is 1.78. The van der Waals surface area contributed by atoms with Gasteiger partial charge in [-0.1, -0.05) is 23.4 Å². The van der Waals surface area contributed by atoms with Gasteiger partial charge in [0, 0.05) is 19.2 Å². The zero-order chi connectivity index (χ0) is 11.5. The Hall–Kier alpha value is -1.28. The molecule has 0 saturated carbocycles. The number of hydrogen-bond donors (Lipinski definition) is 2. The molecule has 6 heteroatoms. The smallest absolute Gasteiger partial charge is 0.225 e. The number of nitrogens with zero attached hydrogens (tertiary/aromatic N) is 2. The molecule has 0 spiro atoms. The Labute approximate surface area is 102 Å². The lowest BCUT2D eigenvalue weighted by atomic mass is 10.2. The highest BCUT2D eigenvalue weighted by atomic mass is 35.5. The Balaban J connectivity index is 2.53. The van der Waals surface area contributed by atoms with Gasteiger partial charge in [-0.15, -0.1) is 0 Å². The van der Waals surface area contributed by atoms with Crippen LogP contribution in [0.1, 0.15) is 12.0 Å². The summed E-state index contributed by atoms with van der Waals surface area (Å²) >= 11 is 11.7. The summed E-state index contributed by atoms with van der Waals surface area (Å²) in [5.41, 5.74) is 6.69. The molecule has 2 rings (SSSR count). The highest BCUT2D eigenvalue weighted by molar-refractivity contribution is 6.36. The maximum Gasteiger partial charge on any atom is 0.225 e. The van der Waals surface area contributed by atoms with Crippen molar-refractivity contribution < 1.29 is 0 Å². The lowest BCUT2D eigenvalue weighted by Crippen LogP contribution is -1.95. The van der Waals surface area contributed by atoms with E-state index in [-0.39, 0.29) is 5.28 Å². The van der Waals surface area contributed by atoms with Crippen LogP contribution in [0.15, 0.2) is 6.20 Å². The first-order valence-corrected chi connectivity index (χ1v) is 5.37. The third kappa shape index (κ3) is 2.12. The van der Waals surface area contributed by atoms with Crippen molar-refractivity contribution in [3.8, 4) is 11.8 Å². The van der Waals surface area contributed by atoms with Gasteiger partial charge in [0.15, 0.2) is 0 Å². The number of nitrogens with two attached hydrogens (primary N) is 1. The minimum atomic E-state index is 0.112. The molecule has 0 fully saturated rings. The Bertz CT molecular complexity index is 579. The second-order valence-corrected chi connectivity index (χ2v) is 3.75. The lowest BCUT2D eigenvalue weighted by Gasteiger charge is -1.94. The number of nitrogens with one attached hydrogen (secondary N) is 1. The van der Waals surface area contributed by atoms with Crippen molar-refractivity contribution in [2.45, 2.75) is 6.42 Å². The molecule has 16 heavy (non-hydrogen) atoms. The summed E-state index contributed by atoms with van der Waals surface area (Å²) < 4.78 is 0. The molecule has 0 atom stereocenters. The van der Waals surface area contributed by atoms with Crippen LogP contribution in [0.5, 0.6) is 0 Å². The molecule has 0 saturated heterocycles. The molecule has 0 bridgehead atoms. The van der Waals surface area contributed by atoms with Gasteiger partial charge in [-0.25, -0.2) is 4.98 Å². The summed E-state index contributed by atoms with van der Waals surface area (Å²) in [6, 6.07) is 0. The largest absolute Gasteiger partial charge is 0.345 e. The zero-order valence-electron chi connectivity index (χ0n) is 8.22. The monoisotopic (exact) mass is 254 g/mol. The van der Waals surface area contributed by atoms with E-state index in [1.54, 1.807) is 6.20 Å². The quantitative estimate of drug-likeness (QED) is 0.465. The Kier molecular flexibility index (Phi) is 3.30. The predicted octanol–water partition coefficient (Wildman–Crippen LogP) is 1.97. The van der Waals surface area contributed by atoms with Crippen molar-refractivity contribution in [2.24, 2.45) is 5.73 Å². The molecule has 4 nitrogen and oxygen atoms in total. The molecule has 2 heterocycles. The van der Waals surface area contributed by atoms with Crippen LogP contribution in [0.25, 0.3) is 11.0 Å². The minimum absolute atomic E-state index is 0.112. The van der Waals surface area contributed by atoms with Gasteiger partial charge in [-0.3, -0.25) is 0 Å². The van der Waals surface area contributed by atoms with Crippen molar-refractivity contribution in [1.29, 1.82) is 0 Å². The van der Waals surface area contributed by atoms with Crippen molar-refractivity contribution >= 4 is 34.2 Å². The van der Waals surface area contributed by atoms with E-state index in [0.29, 0.717) is 29.2 Å². The zero-order valence-corrected chi connectivity index (χ0v) is 9.73. The summed E-state index contributed by atoms with van der Waals surface area (Å²) in [7, 11) is 0. The molecule has 0 aliphatic heterocycles. The molecule has 0 aliphatic rings. The van der Waals surface area contributed by atoms with E-state index in [9.17, 15) is 0 Å². The number of aromatic amines is 1. The van der Waals surface area contributed by atoms with Crippen LogP contribution in [-0.2, 0) is 0 Å². The molecule has 0 unspecified atom stereocenters. The molecule has 0 radical (unpaired) electrons.